The van der Waals surface area contributed by atoms with E-state index in [4.69, 9.17) is 22.1 Å². The minimum atomic E-state index is -0.526. The maximum atomic E-state index is 13.6. The molecule has 1 amide bonds. The van der Waals surface area contributed by atoms with Gasteiger partial charge in [0.15, 0.2) is 0 Å². The average Bonchev–Trinajstić information content (AvgIpc) is 2.91. The second kappa shape index (κ2) is 7.41. The van der Waals surface area contributed by atoms with Crippen LogP contribution in [0.5, 0.6) is 0 Å². The third-order valence-corrected chi connectivity index (χ3v) is 5.92. The van der Waals surface area contributed by atoms with Crippen molar-refractivity contribution >= 4 is 34.5 Å². The molecule has 0 fully saturated rings. The third-order valence-electron chi connectivity index (χ3n) is 4.33. The first-order valence-electron chi connectivity index (χ1n) is 8.10. The summed E-state index contributed by atoms with van der Waals surface area (Å²) in [6, 6.07) is 3.80. The molecule has 0 aliphatic carbocycles. The second-order valence-electron chi connectivity index (χ2n) is 6.03. The van der Waals surface area contributed by atoms with Gasteiger partial charge in [-0.2, -0.15) is 0 Å². The average molecular weight is 383 g/mol. The molecule has 25 heavy (non-hydrogen) atoms. The van der Waals surface area contributed by atoms with Crippen molar-refractivity contribution in [2.45, 2.75) is 32.4 Å². The summed E-state index contributed by atoms with van der Waals surface area (Å²) in [6.45, 7) is 2.98. The summed E-state index contributed by atoms with van der Waals surface area (Å²) in [6.07, 6.45) is 0.955. The van der Waals surface area contributed by atoms with E-state index in [-0.39, 0.29) is 11.7 Å². The number of thiophene rings is 1. The standard InChI is InChI=1S/C18H20ClFN2O2S/c1-3-24-9-16-12(7-10-6-11(20)4-5-13(10)19)17-15(25-16)8-14(21)18(23)22(17)2/h4-6,14H,3,7-9,21H2,1-2H3/t14-/m1/s1. The molecule has 0 saturated heterocycles. The van der Waals surface area contributed by atoms with Crippen molar-refractivity contribution in [3.8, 4) is 0 Å². The van der Waals surface area contributed by atoms with E-state index in [9.17, 15) is 9.18 Å². The first-order valence-corrected chi connectivity index (χ1v) is 9.30. The van der Waals surface area contributed by atoms with Gasteiger partial charge in [-0.3, -0.25) is 4.79 Å². The first kappa shape index (κ1) is 18.3. The zero-order valence-electron chi connectivity index (χ0n) is 14.1. The van der Waals surface area contributed by atoms with Crippen molar-refractivity contribution in [2.24, 2.45) is 5.73 Å². The molecule has 2 heterocycles. The van der Waals surface area contributed by atoms with E-state index in [0.29, 0.717) is 36.6 Å². The van der Waals surface area contributed by atoms with Gasteiger partial charge in [0.1, 0.15) is 5.82 Å². The highest BCUT2D eigenvalue weighted by Crippen LogP contribution is 2.41. The summed E-state index contributed by atoms with van der Waals surface area (Å²) in [7, 11) is 1.73. The molecule has 0 saturated carbocycles. The number of carbonyl (C=O) groups excluding carboxylic acids is 1. The van der Waals surface area contributed by atoms with Crippen molar-refractivity contribution in [2.75, 3.05) is 18.6 Å². The molecule has 1 aromatic heterocycles. The van der Waals surface area contributed by atoms with Crippen molar-refractivity contribution in [1.82, 2.24) is 0 Å². The molecule has 1 aromatic carbocycles. The SMILES string of the molecule is CCOCc1sc2c(c1Cc1cc(F)ccc1Cl)N(C)C(=O)[C@H](N)C2. The van der Waals surface area contributed by atoms with Gasteiger partial charge in [0.2, 0.25) is 5.91 Å². The molecule has 0 spiro atoms. The van der Waals surface area contributed by atoms with Gasteiger partial charge in [-0.1, -0.05) is 11.6 Å². The van der Waals surface area contributed by atoms with Crippen LogP contribution in [0.25, 0.3) is 0 Å². The van der Waals surface area contributed by atoms with E-state index in [1.807, 2.05) is 6.92 Å². The lowest BCUT2D eigenvalue weighted by Gasteiger charge is -2.28. The van der Waals surface area contributed by atoms with Gasteiger partial charge >= 0.3 is 0 Å². The molecule has 0 unspecified atom stereocenters. The van der Waals surface area contributed by atoms with Crippen LogP contribution in [0.2, 0.25) is 5.02 Å². The fourth-order valence-corrected chi connectivity index (χ4v) is 4.63. The summed E-state index contributed by atoms with van der Waals surface area (Å²) in [4.78, 5) is 16.0. The molecule has 0 radical (unpaired) electrons. The van der Waals surface area contributed by atoms with Gasteiger partial charge in [-0.05, 0) is 36.2 Å². The molecule has 1 atom stereocenters. The third kappa shape index (κ3) is 3.58. The minimum absolute atomic E-state index is 0.111. The van der Waals surface area contributed by atoms with Gasteiger partial charge in [0, 0.05) is 41.3 Å². The molecular weight excluding hydrogens is 363 g/mol. The Hall–Kier alpha value is -1.47. The summed E-state index contributed by atoms with van der Waals surface area (Å²) in [5.41, 5.74) is 8.47. The van der Waals surface area contributed by atoms with Crippen molar-refractivity contribution in [1.29, 1.82) is 0 Å². The van der Waals surface area contributed by atoms with Gasteiger partial charge in [0.25, 0.3) is 0 Å². The van der Waals surface area contributed by atoms with Crippen LogP contribution < -0.4 is 10.6 Å². The number of carbonyl (C=O) groups is 1. The Morgan fingerprint density at radius 3 is 2.96 bits per heavy atom. The van der Waals surface area contributed by atoms with Crippen LogP contribution in [-0.2, 0) is 29.0 Å². The molecular formula is C18H20ClFN2O2S. The molecule has 7 heteroatoms. The quantitative estimate of drug-likeness (QED) is 0.860. The minimum Gasteiger partial charge on any atom is -0.376 e. The number of amides is 1. The first-order chi connectivity index (χ1) is 11.9. The number of hydrogen-bond acceptors (Lipinski definition) is 4. The highest BCUT2D eigenvalue weighted by atomic mass is 35.5. The Morgan fingerprint density at radius 1 is 1.48 bits per heavy atom. The van der Waals surface area contributed by atoms with E-state index in [0.717, 1.165) is 21.0 Å². The van der Waals surface area contributed by atoms with E-state index in [2.05, 4.69) is 0 Å². The van der Waals surface area contributed by atoms with Crippen LogP contribution in [0.3, 0.4) is 0 Å². The van der Waals surface area contributed by atoms with Crippen molar-refractivity contribution in [3.63, 3.8) is 0 Å². The fraction of sp³-hybridized carbons (Fsp3) is 0.389. The highest BCUT2D eigenvalue weighted by molar-refractivity contribution is 7.12. The van der Waals surface area contributed by atoms with Gasteiger partial charge < -0.3 is 15.4 Å². The zero-order chi connectivity index (χ0) is 18.1. The second-order valence-corrected chi connectivity index (χ2v) is 7.63. The van der Waals surface area contributed by atoms with Gasteiger partial charge in [-0.25, -0.2) is 4.39 Å². The van der Waals surface area contributed by atoms with E-state index in [1.54, 1.807) is 29.4 Å². The Bertz CT molecular complexity index is 809. The predicted molar refractivity (Wildman–Crippen MR) is 99.0 cm³/mol. The van der Waals surface area contributed by atoms with Crippen LogP contribution in [-0.4, -0.2) is 25.6 Å². The molecule has 0 bridgehead atoms. The van der Waals surface area contributed by atoms with Gasteiger partial charge in [0.05, 0.1) is 18.3 Å². The number of nitrogens with two attached hydrogens (primary N) is 1. The largest absolute Gasteiger partial charge is 0.376 e. The van der Waals surface area contributed by atoms with E-state index < -0.39 is 6.04 Å². The number of hydrogen-bond donors (Lipinski definition) is 1. The number of ether oxygens (including phenoxy) is 1. The topological polar surface area (TPSA) is 55.6 Å². The molecule has 4 nitrogen and oxygen atoms in total. The summed E-state index contributed by atoms with van der Waals surface area (Å²) in [5, 5.41) is 0.505. The van der Waals surface area contributed by atoms with Crippen LogP contribution in [0.15, 0.2) is 18.2 Å². The van der Waals surface area contributed by atoms with Crippen molar-refractivity contribution < 1.29 is 13.9 Å². The lowest BCUT2D eigenvalue weighted by molar-refractivity contribution is -0.119. The summed E-state index contributed by atoms with van der Waals surface area (Å²) in [5.74, 6) is -0.443. The Labute approximate surface area is 155 Å². The molecule has 1 aliphatic rings. The lowest BCUT2D eigenvalue weighted by Crippen LogP contribution is -2.46. The molecule has 1 aliphatic heterocycles. The number of anilines is 1. The zero-order valence-corrected chi connectivity index (χ0v) is 15.7. The smallest absolute Gasteiger partial charge is 0.244 e. The lowest BCUT2D eigenvalue weighted by atomic mass is 9.98. The van der Waals surface area contributed by atoms with Crippen LogP contribution in [0.4, 0.5) is 10.1 Å². The predicted octanol–water partition coefficient (Wildman–Crippen LogP) is 3.51. The maximum absolute atomic E-state index is 13.6. The Balaban J connectivity index is 2.07. The number of benzene rings is 1. The normalized spacial score (nSPS) is 17.1. The maximum Gasteiger partial charge on any atom is 0.244 e. The molecule has 134 valence electrons. The number of nitrogens with zero attached hydrogens (tertiary/aromatic N) is 1. The monoisotopic (exact) mass is 382 g/mol. The van der Waals surface area contributed by atoms with Crippen LogP contribution in [0, 0.1) is 5.82 Å². The van der Waals surface area contributed by atoms with E-state index >= 15 is 0 Å². The Kier molecular flexibility index (Phi) is 5.43. The number of rotatable bonds is 5. The number of fused-ring (bicyclic) bond motifs is 1. The van der Waals surface area contributed by atoms with Crippen LogP contribution >= 0.6 is 22.9 Å². The van der Waals surface area contributed by atoms with Crippen LogP contribution in [0.1, 0.15) is 27.8 Å². The number of halogens is 2. The molecule has 2 aromatic rings. The fourth-order valence-electron chi connectivity index (χ4n) is 3.10. The molecule has 3 rings (SSSR count). The van der Waals surface area contributed by atoms with Gasteiger partial charge in [-0.15, -0.1) is 11.3 Å². The summed E-state index contributed by atoms with van der Waals surface area (Å²) >= 11 is 7.85. The molecule has 2 N–H and O–H groups in total. The Morgan fingerprint density at radius 2 is 2.24 bits per heavy atom. The number of likely N-dealkylation sites (N-methyl/N-ethyl adjacent to an activating group) is 1. The van der Waals surface area contributed by atoms with Crippen molar-refractivity contribution in [3.05, 3.63) is 49.9 Å². The highest BCUT2D eigenvalue weighted by Gasteiger charge is 2.33. The summed E-state index contributed by atoms with van der Waals surface area (Å²) < 4.78 is 19.2. The van der Waals surface area contributed by atoms with E-state index in [1.165, 1.54) is 12.1 Å².